The van der Waals surface area contributed by atoms with Crippen LogP contribution in [0.4, 0.5) is 10.5 Å². The van der Waals surface area contributed by atoms with Crippen LogP contribution < -0.4 is 10.6 Å². The minimum atomic E-state index is -0.498. The van der Waals surface area contributed by atoms with E-state index in [1.807, 2.05) is 32.9 Å². The zero-order valence-electron chi connectivity index (χ0n) is 13.5. The molecule has 2 N–H and O–H groups in total. The molecule has 23 heavy (non-hydrogen) atoms. The van der Waals surface area contributed by atoms with E-state index in [1.54, 1.807) is 18.2 Å². The normalized spacial score (nSPS) is 19.7. The van der Waals surface area contributed by atoms with Crippen molar-refractivity contribution in [3.05, 3.63) is 29.3 Å². The maximum atomic E-state index is 11.7. The van der Waals surface area contributed by atoms with E-state index in [-0.39, 0.29) is 12.1 Å². The first-order valence-electron chi connectivity index (χ1n) is 7.51. The number of alkyl carbamates (subject to hydrolysis) is 1. The topological polar surface area (TPSA) is 97.9 Å². The molecule has 0 bridgehead atoms. The van der Waals surface area contributed by atoms with Gasteiger partial charge in [-0.25, -0.2) is 4.79 Å². The van der Waals surface area contributed by atoms with Gasteiger partial charge in [0.2, 0.25) is 0 Å². The Balaban J connectivity index is 1.82. The van der Waals surface area contributed by atoms with Crippen LogP contribution in [0.15, 0.2) is 18.2 Å². The fourth-order valence-corrected chi connectivity index (χ4v) is 2.39. The van der Waals surface area contributed by atoms with Crippen molar-refractivity contribution in [2.45, 2.75) is 51.3 Å². The van der Waals surface area contributed by atoms with Crippen molar-refractivity contribution in [1.82, 2.24) is 5.32 Å². The van der Waals surface area contributed by atoms with Crippen LogP contribution in [0.5, 0.6) is 0 Å². The fourth-order valence-electron chi connectivity index (χ4n) is 2.39. The van der Waals surface area contributed by atoms with Gasteiger partial charge < -0.3 is 15.4 Å². The Labute approximate surface area is 136 Å². The van der Waals surface area contributed by atoms with Crippen molar-refractivity contribution in [3.8, 4) is 12.1 Å². The highest BCUT2D eigenvalue weighted by Crippen LogP contribution is 2.25. The van der Waals surface area contributed by atoms with Crippen LogP contribution in [0.3, 0.4) is 0 Å². The van der Waals surface area contributed by atoms with Crippen LogP contribution in [-0.4, -0.2) is 23.8 Å². The summed E-state index contributed by atoms with van der Waals surface area (Å²) in [4.78, 5) is 11.7. The summed E-state index contributed by atoms with van der Waals surface area (Å²) in [6, 6.07) is 9.43. The first-order valence-corrected chi connectivity index (χ1v) is 7.51. The van der Waals surface area contributed by atoms with Gasteiger partial charge in [-0.2, -0.15) is 10.5 Å². The molecule has 2 rings (SSSR count). The van der Waals surface area contributed by atoms with Gasteiger partial charge in [-0.3, -0.25) is 0 Å². The summed E-state index contributed by atoms with van der Waals surface area (Å²) < 4.78 is 5.22. The first kappa shape index (κ1) is 16.6. The van der Waals surface area contributed by atoms with Crippen LogP contribution in [0, 0.1) is 22.7 Å². The van der Waals surface area contributed by atoms with E-state index in [0.29, 0.717) is 11.1 Å². The maximum absolute atomic E-state index is 11.7. The standard InChI is InChI=1S/C17H20N4O2/c1-17(2,3)23-16(22)21-15-7-14(8-15)20-13-5-4-11(9-18)12(6-13)10-19/h4-6,14-15,20H,7-8H2,1-3H3,(H,21,22). The second-order valence-electron chi connectivity index (χ2n) is 6.64. The van der Waals surface area contributed by atoms with Gasteiger partial charge in [0.1, 0.15) is 17.7 Å². The number of ether oxygens (including phenoxy) is 1. The lowest BCUT2D eigenvalue weighted by Crippen LogP contribution is -2.50. The van der Waals surface area contributed by atoms with Gasteiger partial charge in [0, 0.05) is 17.8 Å². The number of carbonyl (C=O) groups excluding carboxylic acids is 1. The van der Waals surface area contributed by atoms with Crippen molar-refractivity contribution in [2.75, 3.05) is 5.32 Å². The second kappa shape index (κ2) is 6.58. The zero-order chi connectivity index (χ0) is 17.0. The number of nitrogens with one attached hydrogen (secondary N) is 2. The molecule has 1 aromatic carbocycles. The lowest BCUT2D eigenvalue weighted by atomic mass is 9.86. The van der Waals surface area contributed by atoms with Crippen molar-refractivity contribution in [2.24, 2.45) is 0 Å². The number of nitrogens with zero attached hydrogens (tertiary/aromatic N) is 2. The van der Waals surface area contributed by atoms with E-state index >= 15 is 0 Å². The van der Waals surface area contributed by atoms with Crippen LogP contribution >= 0.6 is 0 Å². The van der Waals surface area contributed by atoms with E-state index < -0.39 is 11.7 Å². The molecule has 1 saturated carbocycles. The summed E-state index contributed by atoms with van der Waals surface area (Å²) in [6.07, 6.45) is 1.19. The molecule has 0 aromatic heterocycles. The van der Waals surface area contributed by atoms with E-state index in [1.165, 1.54) is 0 Å². The van der Waals surface area contributed by atoms with E-state index in [9.17, 15) is 4.79 Å². The number of nitriles is 2. The number of hydrogen-bond acceptors (Lipinski definition) is 5. The third kappa shape index (κ3) is 4.62. The molecule has 0 spiro atoms. The van der Waals surface area contributed by atoms with Gasteiger partial charge in [0.25, 0.3) is 0 Å². The molecule has 6 heteroatoms. The average molecular weight is 312 g/mol. The van der Waals surface area contributed by atoms with E-state index in [2.05, 4.69) is 10.6 Å². The molecule has 1 aliphatic carbocycles. The minimum Gasteiger partial charge on any atom is -0.444 e. The Morgan fingerprint density at radius 1 is 1.17 bits per heavy atom. The average Bonchev–Trinajstić information content (AvgIpc) is 2.42. The molecule has 6 nitrogen and oxygen atoms in total. The third-order valence-electron chi connectivity index (χ3n) is 3.49. The lowest BCUT2D eigenvalue weighted by molar-refractivity contribution is 0.0475. The predicted molar refractivity (Wildman–Crippen MR) is 85.7 cm³/mol. The maximum Gasteiger partial charge on any atom is 0.407 e. The number of carbonyl (C=O) groups is 1. The summed E-state index contributed by atoms with van der Waals surface area (Å²) in [6.45, 7) is 5.49. The molecule has 0 atom stereocenters. The van der Waals surface area contributed by atoms with Crippen LogP contribution in [0.2, 0.25) is 0 Å². The fraction of sp³-hybridized carbons (Fsp3) is 0.471. The molecule has 1 amide bonds. The second-order valence-corrected chi connectivity index (χ2v) is 6.64. The molecule has 0 saturated heterocycles. The summed E-state index contributed by atoms with van der Waals surface area (Å²) in [5.41, 5.74) is 1.04. The SMILES string of the molecule is CC(C)(C)OC(=O)NC1CC(Nc2ccc(C#N)c(C#N)c2)C1. The monoisotopic (exact) mass is 312 g/mol. The molecule has 1 aromatic rings. The molecular weight excluding hydrogens is 292 g/mol. The van der Waals surface area contributed by atoms with Crippen molar-refractivity contribution in [1.29, 1.82) is 10.5 Å². The quantitative estimate of drug-likeness (QED) is 0.894. The number of benzene rings is 1. The minimum absolute atomic E-state index is 0.0937. The largest absolute Gasteiger partial charge is 0.444 e. The number of anilines is 1. The predicted octanol–water partition coefficient (Wildman–Crippen LogP) is 2.90. The molecule has 0 heterocycles. The van der Waals surface area contributed by atoms with Crippen molar-refractivity contribution >= 4 is 11.8 Å². The third-order valence-corrected chi connectivity index (χ3v) is 3.49. The zero-order valence-corrected chi connectivity index (χ0v) is 13.5. The molecule has 1 fully saturated rings. The molecule has 120 valence electrons. The Bertz CT molecular complexity index is 673. The van der Waals surface area contributed by atoms with Crippen molar-refractivity contribution in [3.63, 3.8) is 0 Å². The number of amides is 1. The summed E-state index contributed by atoms with van der Waals surface area (Å²) in [5, 5.41) is 24.1. The van der Waals surface area contributed by atoms with E-state index in [0.717, 1.165) is 18.5 Å². The molecule has 1 aliphatic rings. The molecule has 0 unspecified atom stereocenters. The first-order chi connectivity index (χ1) is 10.8. The van der Waals surface area contributed by atoms with Gasteiger partial charge in [0.15, 0.2) is 0 Å². The van der Waals surface area contributed by atoms with Gasteiger partial charge in [-0.1, -0.05) is 0 Å². The van der Waals surface area contributed by atoms with Gasteiger partial charge in [-0.05, 0) is 51.8 Å². The smallest absolute Gasteiger partial charge is 0.407 e. The molecule has 0 radical (unpaired) electrons. The number of rotatable bonds is 3. The van der Waals surface area contributed by atoms with Gasteiger partial charge in [-0.15, -0.1) is 0 Å². The van der Waals surface area contributed by atoms with Crippen LogP contribution in [-0.2, 0) is 4.74 Å². The summed E-state index contributed by atoms with van der Waals surface area (Å²) in [5.74, 6) is 0. The summed E-state index contributed by atoms with van der Waals surface area (Å²) >= 11 is 0. The lowest BCUT2D eigenvalue weighted by Gasteiger charge is -2.37. The highest BCUT2D eigenvalue weighted by molar-refractivity contribution is 5.68. The van der Waals surface area contributed by atoms with Gasteiger partial charge in [0.05, 0.1) is 11.1 Å². The highest BCUT2D eigenvalue weighted by atomic mass is 16.6. The highest BCUT2D eigenvalue weighted by Gasteiger charge is 2.31. The van der Waals surface area contributed by atoms with Crippen LogP contribution in [0.25, 0.3) is 0 Å². The molecular formula is C17H20N4O2. The van der Waals surface area contributed by atoms with Gasteiger partial charge >= 0.3 is 6.09 Å². The Morgan fingerprint density at radius 3 is 2.39 bits per heavy atom. The van der Waals surface area contributed by atoms with E-state index in [4.69, 9.17) is 15.3 Å². The Morgan fingerprint density at radius 2 is 1.83 bits per heavy atom. The van der Waals surface area contributed by atoms with Crippen molar-refractivity contribution < 1.29 is 9.53 Å². The Hall–Kier alpha value is -2.73. The number of hydrogen-bond donors (Lipinski definition) is 2. The van der Waals surface area contributed by atoms with Crippen LogP contribution in [0.1, 0.15) is 44.7 Å². The Kier molecular flexibility index (Phi) is 4.76. The molecule has 0 aliphatic heterocycles. The summed E-state index contributed by atoms with van der Waals surface area (Å²) in [7, 11) is 0.